The summed E-state index contributed by atoms with van der Waals surface area (Å²) in [6.45, 7) is 2.27. The molecule has 1 atom stereocenters. The normalized spacial score (nSPS) is 13.7. The zero-order chi connectivity index (χ0) is 18.7. The zero-order valence-electron chi connectivity index (χ0n) is 13.8. The van der Waals surface area contributed by atoms with Gasteiger partial charge in [0, 0.05) is 16.8 Å². The lowest BCUT2D eigenvalue weighted by molar-refractivity contribution is -0.123. The van der Waals surface area contributed by atoms with E-state index in [-0.39, 0.29) is 10.6 Å². The summed E-state index contributed by atoms with van der Waals surface area (Å²) in [5.74, 6) is -1.23. The number of anilines is 1. The average molecular weight is 380 g/mol. The van der Waals surface area contributed by atoms with Crippen molar-refractivity contribution < 1.29 is 28.2 Å². The van der Waals surface area contributed by atoms with E-state index in [0.717, 1.165) is 6.07 Å². The number of benzene rings is 2. The van der Waals surface area contributed by atoms with Crippen LogP contribution in [0, 0.1) is 5.82 Å². The van der Waals surface area contributed by atoms with E-state index in [0.29, 0.717) is 30.4 Å². The number of amides is 1. The van der Waals surface area contributed by atoms with E-state index < -0.39 is 23.8 Å². The molecule has 26 heavy (non-hydrogen) atoms. The van der Waals surface area contributed by atoms with E-state index in [1.807, 2.05) is 0 Å². The number of ether oxygens (including phenoxy) is 3. The molecule has 1 N–H and O–H groups in total. The second kappa shape index (κ2) is 7.61. The minimum absolute atomic E-state index is 0.156. The molecule has 1 amide bonds. The van der Waals surface area contributed by atoms with Crippen LogP contribution in [0.4, 0.5) is 10.1 Å². The van der Waals surface area contributed by atoms with Crippen LogP contribution in [0.5, 0.6) is 11.5 Å². The summed E-state index contributed by atoms with van der Waals surface area (Å²) in [6.07, 6.45) is -1.13. The fourth-order valence-electron chi connectivity index (χ4n) is 2.30. The first kappa shape index (κ1) is 18.0. The number of esters is 1. The fraction of sp³-hybridized carbons (Fsp3) is 0.222. The number of hydrogen-bond acceptors (Lipinski definition) is 5. The van der Waals surface area contributed by atoms with E-state index >= 15 is 0 Å². The molecule has 3 rings (SSSR count). The van der Waals surface area contributed by atoms with Gasteiger partial charge in [0.05, 0.1) is 5.56 Å². The molecular weight excluding hydrogens is 365 g/mol. The van der Waals surface area contributed by atoms with Gasteiger partial charge in [0.15, 0.2) is 17.6 Å². The predicted octanol–water partition coefficient (Wildman–Crippen LogP) is 3.43. The van der Waals surface area contributed by atoms with Crippen LogP contribution < -0.4 is 14.8 Å². The molecule has 0 radical (unpaired) electrons. The molecule has 0 saturated heterocycles. The molecule has 0 aliphatic carbocycles. The number of fused-ring (bicyclic) bond motifs is 1. The molecule has 0 spiro atoms. The quantitative estimate of drug-likeness (QED) is 0.824. The number of carbonyl (C=O) groups excluding carboxylic acids is 2. The lowest BCUT2D eigenvalue weighted by atomic mass is 10.2. The summed E-state index contributed by atoms with van der Waals surface area (Å²) in [5.41, 5.74) is 0.160. The van der Waals surface area contributed by atoms with Crippen LogP contribution >= 0.6 is 11.6 Å². The predicted molar refractivity (Wildman–Crippen MR) is 92.3 cm³/mol. The van der Waals surface area contributed by atoms with Crippen LogP contribution in [-0.4, -0.2) is 31.2 Å². The van der Waals surface area contributed by atoms with Gasteiger partial charge in [-0.15, -0.1) is 0 Å². The van der Waals surface area contributed by atoms with Gasteiger partial charge in [0.1, 0.15) is 19.0 Å². The van der Waals surface area contributed by atoms with Crippen LogP contribution in [0.25, 0.3) is 0 Å². The Morgan fingerprint density at radius 1 is 1.15 bits per heavy atom. The van der Waals surface area contributed by atoms with E-state index in [9.17, 15) is 14.0 Å². The Kier molecular flexibility index (Phi) is 5.27. The van der Waals surface area contributed by atoms with Crippen molar-refractivity contribution in [2.45, 2.75) is 13.0 Å². The highest BCUT2D eigenvalue weighted by Crippen LogP contribution is 2.32. The Morgan fingerprint density at radius 3 is 2.62 bits per heavy atom. The third-order valence-corrected chi connectivity index (χ3v) is 3.85. The van der Waals surface area contributed by atoms with Crippen LogP contribution in [0.3, 0.4) is 0 Å². The summed E-state index contributed by atoms with van der Waals surface area (Å²) < 4.78 is 29.6. The van der Waals surface area contributed by atoms with E-state index in [1.165, 1.54) is 19.1 Å². The molecule has 0 aromatic heterocycles. The molecule has 1 aliphatic rings. The van der Waals surface area contributed by atoms with Crippen molar-refractivity contribution in [1.82, 2.24) is 0 Å². The van der Waals surface area contributed by atoms with Gasteiger partial charge >= 0.3 is 5.97 Å². The van der Waals surface area contributed by atoms with Gasteiger partial charge < -0.3 is 19.5 Å². The summed E-state index contributed by atoms with van der Waals surface area (Å²) in [5, 5.41) is 2.76. The van der Waals surface area contributed by atoms with Gasteiger partial charge in [-0.25, -0.2) is 9.18 Å². The molecule has 0 fully saturated rings. The molecule has 136 valence electrons. The summed E-state index contributed by atoms with van der Waals surface area (Å²) in [7, 11) is 0. The summed E-state index contributed by atoms with van der Waals surface area (Å²) in [4.78, 5) is 24.2. The number of rotatable bonds is 4. The van der Waals surface area contributed by atoms with Crippen LogP contribution in [0.2, 0.25) is 5.02 Å². The lowest BCUT2D eigenvalue weighted by Crippen LogP contribution is -2.30. The Bertz CT molecular complexity index is 857. The molecule has 8 heteroatoms. The first-order chi connectivity index (χ1) is 12.4. The number of halogens is 2. The van der Waals surface area contributed by atoms with Gasteiger partial charge in [0.2, 0.25) is 0 Å². The fourth-order valence-corrected chi connectivity index (χ4v) is 2.46. The van der Waals surface area contributed by atoms with Crippen molar-refractivity contribution in [3.63, 3.8) is 0 Å². The van der Waals surface area contributed by atoms with E-state index in [1.54, 1.807) is 18.2 Å². The topological polar surface area (TPSA) is 73.9 Å². The van der Waals surface area contributed by atoms with E-state index in [2.05, 4.69) is 5.32 Å². The van der Waals surface area contributed by atoms with Crippen LogP contribution in [0.1, 0.15) is 17.3 Å². The highest BCUT2D eigenvalue weighted by Gasteiger charge is 2.22. The molecule has 1 aliphatic heterocycles. The first-order valence-corrected chi connectivity index (χ1v) is 8.18. The highest BCUT2D eigenvalue weighted by atomic mass is 35.5. The Morgan fingerprint density at radius 2 is 1.88 bits per heavy atom. The van der Waals surface area contributed by atoms with E-state index in [4.69, 9.17) is 25.8 Å². The maximum atomic E-state index is 13.7. The molecule has 6 nitrogen and oxygen atoms in total. The monoisotopic (exact) mass is 379 g/mol. The van der Waals surface area contributed by atoms with Gasteiger partial charge in [-0.3, -0.25) is 4.79 Å². The SMILES string of the molecule is C[C@H](OC(=O)c1ccc(Cl)cc1F)C(=O)Nc1ccc2c(c1)OCCO2. The molecule has 2 aromatic carbocycles. The smallest absolute Gasteiger partial charge is 0.341 e. The number of carbonyl (C=O) groups is 2. The van der Waals surface area contributed by atoms with Gasteiger partial charge in [0.25, 0.3) is 5.91 Å². The standard InChI is InChI=1S/C18H15ClFNO5/c1-10(26-18(23)13-4-2-11(19)8-14(13)20)17(22)21-12-3-5-15-16(9-12)25-7-6-24-15/h2-5,8-10H,6-7H2,1H3,(H,21,22)/t10-/m0/s1. The number of hydrogen-bond donors (Lipinski definition) is 1. The second-order valence-electron chi connectivity index (χ2n) is 5.52. The third kappa shape index (κ3) is 4.05. The average Bonchev–Trinajstić information content (AvgIpc) is 2.61. The first-order valence-electron chi connectivity index (χ1n) is 7.80. The van der Waals surface area contributed by atoms with Crippen molar-refractivity contribution in [1.29, 1.82) is 0 Å². The minimum Gasteiger partial charge on any atom is -0.486 e. The van der Waals surface area contributed by atoms with Crippen molar-refractivity contribution in [2.24, 2.45) is 0 Å². The molecule has 2 aromatic rings. The second-order valence-corrected chi connectivity index (χ2v) is 5.96. The molecule has 1 heterocycles. The molecule has 0 bridgehead atoms. The third-order valence-electron chi connectivity index (χ3n) is 3.61. The maximum Gasteiger partial charge on any atom is 0.341 e. The minimum atomic E-state index is -1.13. The Labute approximate surface area is 153 Å². The van der Waals surface area contributed by atoms with Crippen molar-refractivity contribution >= 4 is 29.2 Å². The largest absolute Gasteiger partial charge is 0.486 e. The molecular formula is C18H15ClFNO5. The number of nitrogens with one attached hydrogen (secondary N) is 1. The van der Waals surface area contributed by atoms with Crippen LogP contribution in [0.15, 0.2) is 36.4 Å². The molecule has 0 unspecified atom stereocenters. The summed E-state index contributed by atoms with van der Waals surface area (Å²) in [6, 6.07) is 8.48. The van der Waals surface area contributed by atoms with Crippen molar-refractivity contribution in [3.05, 3.63) is 52.8 Å². The van der Waals surface area contributed by atoms with Gasteiger partial charge in [-0.05, 0) is 37.3 Å². The van der Waals surface area contributed by atoms with Crippen molar-refractivity contribution in [3.8, 4) is 11.5 Å². The zero-order valence-corrected chi connectivity index (χ0v) is 14.5. The van der Waals surface area contributed by atoms with Crippen LogP contribution in [-0.2, 0) is 9.53 Å². The van der Waals surface area contributed by atoms with Gasteiger partial charge in [-0.1, -0.05) is 11.6 Å². The Hall–Kier alpha value is -2.80. The molecule has 0 saturated carbocycles. The Balaban J connectivity index is 1.63. The van der Waals surface area contributed by atoms with Crippen molar-refractivity contribution in [2.75, 3.05) is 18.5 Å². The highest BCUT2D eigenvalue weighted by molar-refractivity contribution is 6.30. The lowest BCUT2D eigenvalue weighted by Gasteiger charge is -2.19. The maximum absolute atomic E-state index is 13.7. The van der Waals surface area contributed by atoms with Gasteiger partial charge in [-0.2, -0.15) is 0 Å². The summed E-state index contributed by atoms with van der Waals surface area (Å²) >= 11 is 5.64.